The molecule has 3 aromatic rings. The molecule has 1 N–H and O–H groups in total. The van der Waals surface area contributed by atoms with Crippen molar-refractivity contribution in [3.05, 3.63) is 45.6 Å². The minimum atomic E-state index is -0.562. The lowest BCUT2D eigenvalue weighted by Crippen LogP contribution is -2.51. The third-order valence-electron chi connectivity index (χ3n) is 5.26. The molecule has 0 aromatic carbocycles. The smallest absolute Gasteiger partial charge is 0.410 e. The van der Waals surface area contributed by atoms with Gasteiger partial charge in [-0.25, -0.2) is 14.0 Å². The Morgan fingerprint density at radius 2 is 1.75 bits per heavy atom. The number of hydrogen-bond acceptors (Lipinski definition) is 6. The highest BCUT2D eigenvalue weighted by atomic mass is 16.6. The van der Waals surface area contributed by atoms with Gasteiger partial charge in [0.25, 0.3) is 11.5 Å². The number of hydrogen-bond donors (Lipinski definition) is 1. The first-order valence-electron chi connectivity index (χ1n) is 10.4. The van der Waals surface area contributed by atoms with Crippen molar-refractivity contribution >= 4 is 17.5 Å². The van der Waals surface area contributed by atoms with E-state index in [1.165, 1.54) is 15.4 Å². The third-order valence-corrected chi connectivity index (χ3v) is 5.26. The van der Waals surface area contributed by atoms with Crippen molar-refractivity contribution in [2.75, 3.05) is 26.2 Å². The largest absolute Gasteiger partial charge is 0.444 e. The van der Waals surface area contributed by atoms with Crippen LogP contribution in [0.4, 0.5) is 4.79 Å². The summed E-state index contributed by atoms with van der Waals surface area (Å²) in [5.41, 5.74) is 1.49. The van der Waals surface area contributed by atoms with Crippen LogP contribution >= 0.6 is 0 Å². The van der Waals surface area contributed by atoms with Crippen molar-refractivity contribution in [1.82, 2.24) is 34.2 Å². The van der Waals surface area contributed by atoms with Gasteiger partial charge < -0.3 is 14.5 Å². The van der Waals surface area contributed by atoms with E-state index in [2.05, 4.69) is 15.2 Å². The number of H-pyrrole nitrogens is 1. The number of aromatic amines is 1. The summed E-state index contributed by atoms with van der Waals surface area (Å²) < 4.78 is 8.35. The molecule has 170 valence electrons. The first kappa shape index (κ1) is 21.6. The van der Waals surface area contributed by atoms with Gasteiger partial charge >= 0.3 is 6.09 Å². The van der Waals surface area contributed by atoms with Crippen LogP contribution < -0.4 is 5.56 Å². The Hall–Kier alpha value is -3.63. The zero-order chi connectivity index (χ0) is 23.2. The summed E-state index contributed by atoms with van der Waals surface area (Å²) in [5, 5.41) is 8.69. The molecule has 0 bridgehead atoms. The molecule has 1 fully saturated rings. The van der Waals surface area contributed by atoms with Crippen LogP contribution in [0, 0.1) is 13.8 Å². The van der Waals surface area contributed by atoms with Gasteiger partial charge in [0.05, 0.1) is 17.5 Å². The van der Waals surface area contributed by atoms with E-state index in [1.54, 1.807) is 29.0 Å². The van der Waals surface area contributed by atoms with Crippen LogP contribution in [0.1, 0.15) is 42.4 Å². The highest BCUT2D eigenvalue weighted by Crippen LogP contribution is 2.17. The maximum Gasteiger partial charge on any atom is 0.410 e. The third kappa shape index (κ3) is 4.10. The number of rotatable bonds is 2. The molecule has 4 heterocycles. The predicted molar refractivity (Wildman–Crippen MR) is 116 cm³/mol. The van der Waals surface area contributed by atoms with Crippen LogP contribution in [0.15, 0.2) is 23.3 Å². The topological polar surface area (TPSA) is 118 Å². The molecule has 2 amide bonds. The zero-order valence-corrected chi connectivity index (χ0v) is 18.9. The van der Waals surface area contributed by atoms with E-state index in [1.807, 2.05) is 27.7 Å². The Bertz CT molecular complexity index is 1240. The molecule has 1 saturated heterocycles. The molecule has 11 heteroatoms. The lowest BCUT2D eigenvalue weighted by atomic mass is 10.2. The molecule has 4 rings (SSSR count). The maximum atomic E-state index is 13.1. The van der Waals surface area contributed by atoms with Gasteiger partial charge in [0, 0.05) is 32.4 Å². The van der Waals surface area contributed by atoms with Gasteiger partial charge in [-0.05, 0) is 46.2 Å². The first-order chi connectivity index (χ1) is 15.0. The normalized spacial score (nSPS) is 14.8. The van der Waals surface area contributed by atoms with Crippen molar-refractivity contribution < 1.29 is 14.3 Å². The van der Waals surface area contributed by atoms with E-state index < -0.39 is 5.60 Å². The molecule has 1 aliphatic rings. The van der Waals surface area contributed by atoms with E-state index in [9.17, 15) is 14.4 Å². The van der Waals surface area contributed by atoms with Crippen molar-refractivity contribution in [2.24, 2.45) is 0 Å². The number of piperazine rings is 1. The van der Waals surface area contributed by atoms with Crippen molar-refractivity contribution in [2.45, 2.75) is 40.2 Å². The van der Waals surface area contributed by atoms with Gasteiger partial charge in [0.2, 0.25) is 5.95 Å². The standard InChI is InChI=1S/C21H27N7O4/c1-13-10-16-17(29)23-19(24-27(16)12-13)28-14(2)15(11-22-28)18(30)25-6-8-26(9-7-25)20(31)32-21(3,4)5/h10-12H,6-9H2,1-5H3,(H,23,24,29). The average molecular weight is 441 g/mol. The summed E-state index contributed by atoms with van der Waals surface area (Å²) in [6.45, 7) is 10.7. The number of fused-ring (bicyclic) bond motifs is 1. The Morgan fingerprint density at radius 1 is 1.09 bits per heavy atom. The van der Waals surface area contributed by atoms with Crippen LogP contribution in [0.2, 0.25) is 0 Å². The second-order valence-corrected chi connectivity index (χ2v) is 8.94. The molecule has 0 spiro atoms. The van der Waals surface area contributed by atoms with E-state index in [0.717, 1.165) is 5.56 Å². The second-order valence-electron chi connectivity index (χ2n) is 8.94. The molecule has 0 aliphatic carbocycles. The lowest BCUT2D eigenvalue weighted by Gasteiger charge is -2.35. The number of carbonyl (C=O) groups excluding carboxylic acids is 2. The first-order valence-corrected chi connectivity index (χ1v) is 10.4. The molecule has 3 aromatic heterocycles. The minimum Gasteiger partial charge on any atom is -0.444 e. The Labute approximate surface area is 184 Å². The average Bonchev–Trinajstić information content (AvgIpc) is 3.28. The number of nitrogens with zero attached hydrogens (tertiary/aromatic N) is 6. The molecule has 0 unspecified atom stereocenters. The predicted octanol–water partition coefficient (Wildman–Crippen LogP) is 1.52. The Kier molecular flexibility index (Phi) is 5.27. The molecule has 1 aliphatic heterocycles. The summed E-state index contributed by atoms with van der Waals surface area (Å²) in [6, 6.07) is 1.75. The summed E-state index contributed by atoms with van der Waals surface area (Å²) in [6.07, 6.45) is 2.85. The van der Waals surface area contributed by atoms with Crippen LogP contribution in [0.5, 0.6) is 0 Å². The monoisotopic (exact) mass is 441 g/mol. The van der Waals surface area contributed by atoms with Crippen LogP contribution in [0.3, 0.4) is 0 Å². The van der Waals surface area contributed by atoms with Gasteiger partial charge in [0.1, 0.15) is 11.1 Å². The molecule has 0 saturated carbocycles. The molecule has 32 heavy (non-hydrogen) atoms. The van der Waals surface area contributed by atoms with Gasteiger partial charge in [-0.1, -0.05) is 0 Å². The SMILES string of the molecule is Cc1cc2c(=O)[nH]c(-n3ncc(C(=O)N4CCN(C(=O)OC(C)(C)C)CC4)c3C)nn2c1. The molecule has 11 nitrogen and oxygen atoms in total. The molecular weight excluding hydrogens is 414 g/mol. The van der Waals surface area contributed by atoms with E-state index in [4.69, 9.17) is 4.74 Å². The highest BCUT2D eigenvalue weighted by molar-refractivity contribution is 5.95. The summed E-state index contributed by atoms with van der Waals surface area (Å²) in [4.78, 5) is 43.7. The van der Waals surface area contributed by atoms with Crippen LogP contribution in [-0.4, -0.2) is 78.0 Å². The number of ether oxygens (including phenoxy) is 1. The Balaban J connectivity index is 1.50. The second kappa shape index (κ2) is 7.81. The van der Waals surface area contributed by atoms with E-state index in [0.29, 0.717) is 43.0 Å². The van der Waals surface area contributed by atoms with Gasteiger partial charge in [-0.2, -0.15) is 5.10 Å². The quantitative estimate of drug-likeness (QED) is 0.644. The fourth-order valence-electron chi connectivity index (χ4n) is 3.64. The summed E-state index contributed by atoms with van der Waals surface area (Å²) in [5.74, 6) is 0.0437. The van der Waals surface area contributed by atoms with E-state index in [-0.39, 0.29) is 23.5 Å². The highest BCUT2D eigenvalue weighted by Gasteiger charge is 2.29. The Morgan fingerprint density at radius 3 is 2.41 bits per heavy atom. The lowest BCUT2D eigenvalue weighted by molar-refractivity contribution is 0.0140. The van der Waals surface area contributed by atoms with Gasteiger partial charge in [-0.3, -0.25) is 14.6 Å². The fraction of sp³-hybridized carbons (Fsp3) is 0.476. The molecular formula is C21H27N7O4. The van der Waals surface area contributed by atoms with E-state index >= 15 is 0 Å². The number of aryl methyl sites for hydroxylation is 1. The number of amides is 2. The van der Waals surface area contributed by atoms with Crippen molar-refractivity contribution in [3.63, 3.8) is 0 Å². The molecule has 0 radical (unpaired) electrons. The van der Waals surface area contributed by atoms with Crippen LogP contribution in [0.25, 0.3) is 11.5 Å². The van der Waals surface area contributed by atoms with Crippen molar-refractivity contribution in [3.8, 4) is 5.95 Å². The van der Waals surface area contributed by atoms with Gasteiger partial charge in [0.15, 0.2) is 0 Å². The minimum absolute atomic E-state index is 0.183. The van der Waals surface area contributed by atoms with Gasteiger partial charge in [-0.15, -0.1) is 5.10 Å². The van der Waals surface area contributed by atoms with Crippen LogP contribution in [-0.2, 0) is 4.74 Å². The number of nitrogens with one attached hydrogen (secondary N) is 1. The summed E-state index contributed by atoms with van der Waals surface area (Å²) >= 11 is 0. The van der Waals surface area contributed by atoms with Crippen molar-refractivity contribution in [1.29, 1.82) is 0 Å². The zero-order valence-electron chi connectivity index (χ0n) is 18.9. The summed E-state index contributed by atoms with van der Waals surface area (Å²) in [7, 11) is 0. The number of aromatic nitrogens is 5. The fourth-order valence-corrected chi connectivity index (χ4v) is 3.64. The number of carbonyl (C=O) groups is 2. The molecule has 0 atom stereocenters. The maximum absolute atomic E-state index is 13.1.